The number of hydrogen-bond donors (Lipinski definition) is 3. The lowest BCUT2D eigenvalue weighted by molar-refractivity contribution is -0.121. The molecule has 0 rings (SSSR count). The maximum Gasteiger partial charge on any atom is 0.234 e. The first-order valence-corrected chi connectivity index (χ1v) is 3.89. The summed E-state index contributed by atoms with van der Waals surface area (Å²) in [6.45, 7) is 2.41. The highest BCUT2D eigenvalue weighted by molar-refractivity contribution is 5.81. The molecule has 0 saturated carbocycles. The predicted molar refractivity (Wildman–Crippen MR) is 45.1 cm³/mol. The van der Waals surface area contributed by atoms with Crippen molar-refractivity contribution in [2.45, 2.75) is 25.8 Å². The Labute approximate surface area is 71.5 Å². The lowest BCUT2D eigenvalue weighted by Gasteiger charge is -2.06. The van der Waals surface area contributed by atoms with Crippen LogP contribution in [0.1, 0.15) is 19.8 Å². The molecule has 5 heteroatoms. The third-order valence-corrected chi connectivity index (χ3v) is 1.42. The average molecular weight is 173 g/mol. The first-order valence-electron chi connectivity index (χ1n) is 3.89. The Morgan fingerprint density at radius 3 is 2.50 bits per heavy atom. The normalized spacial score (nSPS) is 12.2. The molecule has 0 aromatic rings. The minimum Gasteiger partial charge on any atom is -0.368 e. The maximum atomic E-state index is 10.9. The standard InChI is InChI=1S/C7H15N3O2/c1-2-10-6(11)4-3-5(8)7(9)12/h5H,2-4,8H2,1H3,(H2,9,12)(H,10,11)/t5-/m0/s1. The number of carbonyl (C=O) groups is 2. The molecule has 0 aliphatic heterocycles. The van der Waals surface area contributed by atoms with E-state index in [4.69, 9.17) is 11.5 Å². The summed E-state index contributed by atoms with van der Waals surface area (Å²) in [5.74, 6) is -0.673. The van der Waals surface area contributed by atoms with E-state index in [1.165, 1.54) is 0 Å². The molecule has 0 aromatic carbocycles. The van der Waals surface area contributed by atoms with Crippen molar-refractivity contribution in [1.82, 2.24) is 5.32 Å². The molecule has 12 heavy (non-hydrogen) atoms. The molecule has 0 spiro atoms. The Balaban J connectivity index is 3.54. The Morgan fingerprint density at radius 2 is 2.08 bits per heavy atom. The van der Waals surface area contributed by atoms with Gasteiger partial charge in [-0.3, -0.25) is 9.59 Å². The zero-order valence-electron chi connectivity index (χ0n) is 7.17. The van der Waals surface area contributed by atoms with Gasteiger partial charge in [-0.25, -0.2) is 0 Å². The van der Waals surface area contributed by atoms with Gasteiger partial charge in [0.1, 0.15) is 0 Å². The van der Waals surface area contributed by atoms with E-state index in [2.05, 4.69) is 5.32 Å². The molecule has 0 saturated heterocycles. The molecule has 2 amide bonds. The smallest absolute Gasteiger partial charge is 0.234 e. The Kier molecular flexibility index (Phi) is 5.03. The van der Waals surface area contributed by atoms with E-state index < -0.39 is 11.9 Å². The van der Waals surface area contributed by atoms with Crippen molar-refractivity contribution in [3.63, 3.8) is 0 Å². The summed E-state index contributed by atoms with van der Waals surface area (Å²) in [6.07, 6.45) is 0.555. The quantitative estimate of drug-likeness (QED) is 0.482. The van der Waals surface area contributed by atoms with Gasteiger partial charge in [-0.2, -0.15) is 0 Å². The third-order valence-electron chi connectivity index (χ3n) is 1.42. The molecular weight excluding hydrogens is 158 g/mol. The molecule has 5 nitrogen and oxygen atoms in total. The lowest BCUT2D eigenvalue weighted by Crippen LogP contribution is -2.37. The highest BCUT2D eigenvalue weighted by Crippen LogP contribution is 1.93. The zero-order valence-corrected chi connectivity index (χ0v) is 7.17. The molecule has 70 valence electrons. The van der Waals surface area contributed by atoms with Gasteiger partial charge in [0.2, 0.25) is 11.8 Å². The number of primary amides is 1. The number of hydrogen-bond acceptors (Lipinski definition) is 3. The summed E-state index contributed by atoms with van der Waals surface area (Å²) in [6, 6.07) is -0.715. The third kappa shape index (κ3) is 4.68. The van der Waals surface area contributed by atoms with E-state index in [1.807, 2.05) is 6.92 Å². The van der Waals surface area contributed by atoms with Gasteiger partial charge in [-0.05, 0) is 13.3 Å². The van der Waals surface area contributed by atoms with Crippen LogP contribution < -0.4 is 16.8 Å². The summed E-state index contributed by atoms with van der Waals surface area (Å²) >= 11 is 0. The second-order valence-corrected chi connectivity index (χ2v) is 2.50. The van der Waals surface area contributed by atoms with Crippen LogP contribution in [0.3, 0.4) is 0 Å². The van der Waals surface area contributed by atoms with Gasteiger partial charge >= 0.3 is 0 Å². The highest BCUT2D eigenvalue weighted by atomic mass is 16.2. The highest BCUT2D eigenvalue weighted by Gasteiger charge is 2.10. The summed E-state index contributed by atoms with van der Waals surface area (Å²) in [4.78, 5) is 21.3. The van der Waals surface area contributed by atoms with Gasteiger partial charge in [-0.1, -0.05) is 0 Å². The van der Waals surface area contributed by atoms with E-state index in [0.29, 0.717) is 13.0 Å². The second kappa shape index (κ2) is 5.54. The molecule has 0 aliphatic rings. The van der Waals surface area contributed by atoms with Crippen LogP contribution in [0, 0.1) is 0 Å². The molecule has 0 bridgehead atoms. The van der Waals surface area contributed by atoms with Crippen LogP contribution in [0.25, 0.3) is 0 Å². The van der Waals surface area contributed by atoms with E-state index in [9.17, 15) is 9.59 Å². The van der Waals surface area contributed by atoms with E-state index in [1.54, 1.807) is 0 Å². The predicted octanol–water partition coefficient (Wildman–Crippen LogP) is -1.28. The Morgan fingerprint density at radius 1 is 1.50 bits per heavy atom. The SMILES string of the molecule is CCNC(=O)CC[C@H](N)C(N)=O. The van der Waals surface area contributed by atoms with E-state index in [0.717, 1.165) is 0 Å². The number of amides is 2. The number of nitrogens with two attached hydrogens (primary N) is 2. The first kappa shape index (κ1) is 10.9. The zero-order chi connectivity index (χ0) is 9.56. The van der Waals surface area contributed by atoms with Crippen molar-refractivity contribution in [3.8, 4) is 0 Å². The summed E-state index contributed by atoms with van der Waals surface area (Å²) in [5.41, 5.74) is 10.2. The van der Waals surface area contributed by atoms with Gasteiger partial charge in [0.25, 0.3) is 0 Å². The number of carbonyl (C=O) groups excluding carboxylic acids is 2. The monoisotopic (exact) mass is 173 g/mol. The molecule has 0 aliphatic carbocycles. The van der Waals surface area contributed by atoms with Crippen LogP contribution in [0.15, 0.2) is 0 Å². The van der Waals surface area contributed by atoms with Crippen molar-refractivity contribution in [2.75, 3.05) is 6.54 Å². The van der Waals surface area contributed by atoms with Gasteiger partial charge in [0, 0.05) is 13.0 Å². The van der Waals surface area contributed by atoms with Crippen molar-refractivity contribution >= 4 is 11.8 Å². The van der Waals surface area contributed by atoms with E-state index >= 15 is 0 Å². The van der Waals surface area contributed by atoms with Crippen LogP contribution >= 0.6 is 0 Å². The van der Waals surface area contributed by atoms with Gasteiger partial charge in [-0.15, -0.1) is 0 Å². The topological polar surface area (TPSA) is 98.2 Å². The Hall–Kier alpha value is -1.10. The number of nitrogens with one attached hydrogen (secondary N) is 1. The van der Waals surface area contributed by atoms with Crippen molar-refractivity contribution in [3.05, 3.63) is 0 Å². The van der Waals surface area contributed by atoms with Crippen LogP contribution in [0.4, 0.5) is 0 Å². The van der Waals surface area contributed by atoms with Crippen LogP contribution in [0.5, 0.6) is 0 Å². The van der Waals surface area contributed by atoms with Crippen molar-refractivity contribution < 1.29 is 9.59 Å². The van der Waals surface area contributed by atoms with Crippen molar-refractivity contribution in [2.24, 2.45) is 11.5 Å². The largest absolute Gasteiger partial charge is 0.368 e. The first-order chi connectivity index (χ1) is 5.57. The molecule has 0 unspecified atom stereocenters. The van der Waals surface area contributed by atoms with Gasteiger partial charge in [0.05, 0.1) is 6.04 Å². The molecule has 0 fully saturated rings. The molecule has 0 heterocycles. The van der Waals surface area contributed by atoms with E-state index in [-0.39, 0.29) is 12.3 Å². The second-order valence-electron chi connectivity index (χ2n) is 2.50. The fourth-order valence-electron chi connectivity index (χ4n) is 0.714. The average Bonchev–Trinajstić information content (AvgIpc) is 2.00. The molecular formula is C7H15N3O2. The minimum absolute atomic E-state index is 0.103. The summed E-state index contributed by atoms with van der Waals surface area (Å²) < 4.78 is 0. The van der Waals surface area contributed by atoms with Gasteiger partial charge in [0.15, 0.2) is 0 Å². The molecule has 0 radical (unpaired) electrons. The van der Waals surface area contributed by atoms with Crippen LogP contribution in [-0.2, 0) is 9.59 Å². The van der Waals surface area contributed by atoms with Crippen molar-refractivity contribution in [1.29, 1.82) is 0 Å². The molecule has 0 aromatic heterocycles. The van der Waals surface area contributed by atoms with Crippen LogP contribution in [-0.4, -0.2) is 24.4 Å². The lowest BCUT2D eigenvalue weighted by atomic mass is 10.1. The molecule has 5 N–H and O–H groups in total. The summed E-state index contributed by atoms with van der Waals surface area (Å²) in [7, 11) is 0. The minimum atomic E-state index is -0.715. The maximum absolute atomic E-state index is 10.9. The number of rotatable bonds is 5. The summed E-state index contributed by atoms with van der Waals surface area (Å²) in [5, 5.41) is 2.59. The molecule has 1 atom stereocenters. The fourth-order valence-corrected chi connectivity index (χ4v) is 0.714. The van der Waals surface area contributed by atoms with Crippen LogP contribution in [0.2, 0.25) is 0 Å². The Bertz CT molecular complexity index is 170. The van der Waals surface area contributed by atoms with Gasteiger partial charge < -0.3 is 16.8 Å². The fraction of sp³-hybridized carbons (Fsp3) is 0.714.